The highest BCUT2D eigenvalue weighted by molar-refractivity contribution is 5.71. The molecule has 0 saturated heterocycles. The van der Waals surface area contributed by atoms with Gasteiger partial charge in [0.15, 0.2) is 6.10 Å². The molecule has 0 aliphatic heterocycles. The zero-order chi connectivity index (χ0) is 43.0. The molecule has 0 aromatic heterocycles. The lowest BCUT2D eigenvalue weighted by molar-refractivity contribution is -0.167. The third kappa shape index (κ3) is 45.5. The third-order valence-corrected chi connectivity index (χ3v) is 9.86. The summed E-state index contributed by atoms with van der Waals surface area (Å²) in [5.74, 6) is -0.969. The maximum atomic E-state index is 12.7. The van der Waals surface area contributed by atoms with E-state index < -0.39 is 6.10 Å². The van der Waals surface area contributed by atoms with E-state index in [2.05, 4.69) is 106 Å². The van der Waals surface area contributed by atoms with Crippen molar-refractivity contribution in [3.8, 4) is 0 Å². The van der Waals surface area contributed by atoms with Crippen LogP contribution in [0.2, 0.25) is 0 Å². The molecule has 1 unspecified atom stereocenters. The molecule has 0 aromatic carbocycles. The second kappa shape index (κ2) is 47.3. The maximum Gasteiger partial charge on any atom is 0.306 e. The molecular weight excluding hydrogens is 733 g/mol. The van der Waals surface area contributed by atoms with E-state index in [0.717, 1.165) is 135 Å². The molecule has 0 N–H and O–H groups in total. The molecule has 0 saturated carbocycles. The highest BCUT2D eigenvalue weighted by Gasteiger charge is 2.19. The Morgan fingerprint density at radius 1 is 0.356 bits per heavy atom. The highest BCUT2D eigenvalue weighted by atomic mass is 16.6. The van der Waals surface area contributed by atoms with Crippen molar-refractivity contribution in [1.82, 2.24) is 0 Å². The second-order valence-electron chi connectivity index (χ2n) is 15.6. The van der Waals surface area contributed by atoms with Crippen LogP contribution in [0.25, 0.3) is 0 Å². The number of esters is 3. The Bertz CT molecular complexity index is 1170. The molecule has 6 heteroatoms. The van der Waals surface area contributed by atoms with Gasteiger partial charge in [-0.3, -0.25) is 14.4 Å². The fraction of sp³-hybridized carbons (Fsp3) is 0.679. The average Bonchev–Trinajstić information content (AvgIpc) is 3.23. The van der Waals surface area contributed by atoms with E-state index in [0.29, 0.717) is 19.3 Å². The molecule has 0 radical (unpaired) electrons. The van der Waals surface area contributed by atoms with Gasteiger partial charge in [-0.25, -0.2) is 0 Å². The van der Waals surface area contributed by atoms with Crippen LogP contribution in [0, 0.1) is 0 Å². The van der Waals surface area contributed by atoms with Crippen molar-refractivity contribution in [3.05, 3.63) is 85.1 Å². The van der Waals surface area contributed by atoms with E-state index >= 15 is 0 Å². The number of hydrogen-bond acceptors (Lipinski definition) is 6. The van der Waals surface area contributed by atoms with Gasteiger partial charge < -0.3 is 14.2 Å². The van der Waals surface area contributed by atoms with Gasteiger partial charge in [0.25, 0.3) is 0 Å². The van der Waals surface area contributed by atoms with Gasteiger partial charge in [0.1, 0.15) is 13.2 Å². The van der Waals surface area contributed by atoms with Crippen molar-refractivity contribution in [1.29, 1.82) is 0 Å². The molecule has 0 fully saturated rings. The molecular formula is C53H88O6. The Morgan fingerprint density at radius 2 is 0.661 bits per heavy atom. The molecule has 0 heterocycles. The quantitative estimate of drug-likeness (QED) is 0.0264. The van der Waals surface area contributed by atoms with Crippen LogP contribution in [0.15, 0.2) is 85.1 Å². The van der Waals surface area contributed by atoms with Crippen molar-refractivity contribution in [3.63, 3.8) is 0 Å². The first-order valence-corrected chi connectivity index (χ1v) is 24.1. The monoisotopic (exact) mass is 821 g/mol. The largest absolute Gasteiger partial charge is 0.462 e. The zero-order valence-corrected chi connectivity index (χ0v) is 38.2. The molecule has 6 nitrogen and oxygen atoms in total. The van der Waals surface area contributed by atoms with Crippen LogP contribution >= 0.6 is 0 Å². The molecule has 0 aliphatic carbocycles. The van der Waals surface area contributed by atoms with Crippen LogP contribution in [-0.4, -0.2) is 37.2 Å². The minimum absolute atomic E-state index is 0.101. The van der Waals surface area contributed by atoms with E-state index in [-0.39, 0.29) is 31.1 Å². The topological polar surface area (TPSA) is 78.9 Å². The van der Waals surface area contributed by atoms with Crippen molar-refractivity contribution < 1.29 is 28.6 Å². The van der Waals surface area contributed by atoms with Crippen molar-refractivity contribution in [2.75, 3.05) is 13.2 Å². The summed E-state index contributed by atoms with van der Waals surface area (Å²) < 4.78 is 16.7. The predicted molar refractivity (Wildman–Crippen MR) is 251 cm³/mol. The SMILES string of the molecule is CC/C=C\C/C=C\C/C=C\C/C=C\CCCCCC(=O)OCC(COC(=O)CCCCCCC/C=C\C/C=C\CC)OC(=O)CCCCC/C=C\CCCCCCCC. The van der Waals surface area contributed by atoms with Gasteiger partial charge >= 0.3 is 17.9 Å². The lowest BCUT2D eigenvalue weighted by atomic mass is 10.1. The molecule has 1 atom stereocenters. The van der Waals surface area contributed by atoms with Gasteiger partial charge in [-0.15, -0.1) is 0 Å². The first-order valence-electron chi connectivity index (χ1n) is 24.1. The third-order valence-electron chi connectivity index (χ3n) is 9.86. The number of carbonyl (C=O) groups excluding carboxylic acids is 3. The summed E-state index contributed by atoms with van der Waals surface area (Å²) in [6.07, 6.45) is 59.9. The van der Waals surface area contributed by atoms with Crippen LogP contribution in [0.1, 0.15) is 213 Å². The van der Waals surface area contributed by atoms with E-state index in [9.17, 15) is 14.4 Å². The fourth-order valence-electron chi connectivity index (χ4n) is 6.29. The summed E-state index contributed by atoms with van der Waals surface area (Å²) in [5, 5.41) is 0. The smallest absolute Gasteiger partial charge is 0.306 e. The Balaban J connectivity index is 4.48. The van der Waals surface area contributed by atoms with Crippen LogP contribution < -0.4 is 0 Å². The number of ether oxygens (including phenoxy) is 3. The van der Waals surface area contributed by atoms with Gasteiger partial charge in [0.05, 0.1) is 0 Å². The lowest BCUT2D eigenvalue weighted by Gasteiger charge is -2.18. The van der Waals surface area contributed by atoms with Gasteiger partial charge in [-0.2, -0.15) is 0 Å². The summed E-state index contributed by atoms with van der Waals surface area (Å²) in [5.41, 5.74) is 0. The van der Waals surface area contributed by atoms with Crippen molar-refractivity contribution in [2.45, 2.75) is 219 Å². The van der Waals surface area contributed by atoms with Crippen LogP contribution in [0.4, 0.5) is 0 Å². The summed E-state index contributed by atoms with van der Waals surface area (Å²) in [4.78, 5) is 37.8. The Hall–Kier alpha value is -3.41. The van der Waals surface area contributed by atoms with Gasteiger partial charge in [0.2, 0.25) is 0 Å². The van der Waals surface area contributed by atoms with Crippen molar-refractivity contribution in [2.24, 2.45) is 0 Å². The predicted octanol–water partition coefficient (Wildman–Crippen LogP) is 15.6. The summed E-state index contributed by atoms with van der Waals surface area (Å²) in [6, 6.07) is 0. The molecule has 0 amide bonds. The number of hydrogen-bond donors (Lipinski definition) is 0. The molecule has 59 heavy (non-hydrogen) atoms. The highest BCUT2D eigenvalue weighted by Crippen LogP contribution is 2.12. The molecule has 0 aromatic rings. The summed E-state index contributed by atoms with van der Waals surface area (Å²) in [7, 11) is 0. The number of allylic oxidation sites excluding steroid dienone is 14. The minimum atomic E-state index is -0.802. The number of carbonyl (C=O) groups is 3. The zero-order valence-electron chi connectivity index (χ0n) is 38.2. The van der Waals surface area contributed by atoms with E-state index in [1.54, 1.807) is 0 Å². The van der Waals surface area contributed by atoms with Gasteiger partial charge in [-0.05, 0) is 109 Å². The van der Waals surface area contributed by atoms with Gasteiger partial charge in [-0.1, -0.05) is 170 Å². The minimum Gasteiger partial charge on any atom is -0.462 e. The summed E-state index contributed by atoms with van der Waals surface area (Å²) >= 11 is 0. The second-order valence-corrected chi connectivity index (χ2v) is 15.6. The first-order chi connectivity index (χ1) is 29.0. The fourth-order valence-corrected chi connectivity index (χ4v) is 6.29. The van der Waals surface area contributed by atoms with Gasteiger partial charge in [0, 0.05) is 19.3 Å². The molecule has 0 rings (SSSR count). The van der Waals surface area contributed by atoms with E-state index in [4.69, 9.17) is 14.2 Å². The van der Waals surface area contributed by atoms with Crippen molar-refractivity contribution >= 4 is 17.9 Å². The van der Waals surface area contributed by atoms with E-state index in [1.165, 1.54) is 38.5 Å². The first kappa shape index (κ1) is 55.6. The standard InChI is InChI=1S/C53H88O6/c1-4-7-10-13-16-19-22-25-26-27-29-31-34-37-40-43-46-52(55)58-49-50(48-57-51(54)45-42-39-36-33-30-24-21-18-15-12-9-6-3)59-53(56)47-44-41-38-35-32-28-23-20-17-14-11-8-5-2/h7,9-10,12,16,18-19,21,25-26,28-29,31-32,50H,4-6,8,11,13-15,17,20,22-24,27,30,33-49H2,1-3H3/b10-7-,12-9-,19-16-,21-18-,26-25-,31-29-,32-28-. The average molecular weight is 821 g/mol. The summed E-state index contributed by atoms with van der Waals surface area (Å²) in [6.45, 7) is 6.33. The number of unbranched alkanes of at least 4 members (excludes halogenated alkanes) is 17. The molecule has 0 spiro atoms. The Kier molecular flexibility index (Phi) is 44.5. The van der Waals surface area contributed by atoms with E-state index in [1.807, 2.05) is 0 Å². The molecule has 336 valence electrons. The molecule has 0 bridgehead atoms. The Morgan fingerprint density at radius 3 is 1.07 bits per heavy atom. The maximum absolute atomic E-state index is 12.7. The normalized spacial score (nSPS) is 12.8. The Labute approximate surface area is 363 Å². The van der Waals surface area contributed by atoms with Crippen LogP contribution in [0.5, 0.6) is 0 Å². The van der Waals surface area contributed by atoms with Crippen LogP contribution in [-0.2, 0) is 28.6 Å². The van der Waals surface area contributed by atoms with Crippen LogP contribution in [0.3, 0.4) is 0 Å². The molecule has 0 aliphatic rings. The lowest BCUT2D eigenvalue weighted by Crippen LogP contribution is -2.30. The number of rotatable bonds is 42.